The van der Waals surface area contributed by atoms with Crippen LogP contribution in [0.3, 0.4) is 0 Å². The Morgan fingerprint density at radius 1 is 1.00 bits per heavy atom. The van der Waals surface area contributed by atoms with Gasteiger partial charge in [0.1, 0.15) is 5.82 Å². The Morgan fingerprint density at radius 2 is 1.71 bits per heavy atom. The Hall–Kier alpha value is -1.04. The van der Waals surface area contributed by atoms with E-state index in [4.69, 9.17) is 11.6 Å². The van der Waals surface area contributed by atoms with E-state index in [-0.39, 0.29) is 15.7 Å². The zero-order valence-corrected chi connectivity index (χ0v) is 13.5. The van der Waals surface area contributed by atoms with Gasteiger partial charge in [-0.2, -0.15) is 0 Å². The summed E-state index contributed by atoms with van der Waals surface area (Å²) in [6, 6.07) is 8.39. The molecular weight excluding hydrogens is 385 g/mol. The zero-order valence-electron chi connectivity index (χ0n) is 10.3. The molecule has 0 radical (unpaired) electrons. The van der Waals surface area contributed by atoms with Crippen molar-refractivity contribution in [1.29, 1.82) is 0 Å². The van der Waals surface area contributed by atoms with Crippen LogP contribution in [0.25, 0.3) is 10.1 Å². The third-order valence-corrected chi connectivity index (χ3v) is 5.84. The molecule has 0 N–H and O–H groups in total. The Balaban J connectivity index is 2.07. The molecule has 0 aliphatic heterocycles. The van der Waals surface area contributed by atoms with E-state index < -0.39 is 11.6 Å². The maximum atomic E-state index is 13.4. The normalized spacial score (nSPS) is 12.8. The lowest BCUT2D eigenvalue weighted by atomic mass is 10.1. The van der Waals surface area contributed by atoms with Crippen molar-refractivity contribution in [3.05, 3.63) is 69.3 Å². The maximum absolute atomic E-state index is 13.4. The van der Waals surface area contributed by atoms with Crippen LogP contribution in [0.15, 0.2) is 36.4 Å². The molecule has 1 aromatic heterocycles. The summed E-state index contributed by atoms with van der Waals surface area (Å²) in [5, 5.41) is 1.03. The molecule has 21 heavy (non-hydrogen) atoms. The Labute approximate surface area is 136 Å². The number of fused-ring (bicyclic) bond motifs is 1. The lowest BCUT2D eigenvalue weighted by molar-refractivity contribution is 0.507. The van der Waals surface area contributed by atoms with E-state index >= 15 is 0 Å². The highest BCUT2D eigenvalue weighted by atomic mass is 79.9. The van der Waals surface area contributed by atoms with Gasteiger partial charge in [0.05, 0.1) is 4.83 Å². The fourth-order valence-electron chi connectivity index (χ4n) is 2.04. The Bertz CT molecular complexity index is 831. The molecule has 1 heterocycles. The van der Waals surface area contributed by atoms with Gasteiger partial charge in [0, 0.05) is 14.6 Å². The van der Waals surface area contributed by atoms with E-state index in [1.54, 1.807) is 6.07 Å². The molecule has 0 aliphatic carbocycles. The minimum Gasteiger partial charge on any atom is -0.207 e. The number of hydrogen-bond acceptors (Lipinski definition) is 1. The van der Waals surface area contributed by atoms with Crippen LogP contribution in [-0.2, 0) is 0 Å². The van der Waals surface area contributed by atoms with Crippen LogP contribution in [0.2, 0.25) is 5.02 Å². The first-order valence-electron chi connectivity index (χ1n) is 5.93. The first kappa shape index (κ1) is 14.9. The largest absolute Gasteiger partial charge is 0.207 e. The SMILES string of the molecule is Fc1ccc2cc(C(Br)c3cc(F)c(F)cc3Cl)sc2c1. The van der Waals surface area contributed by atoms with Gasteiger partial charge in [-0.3, -0.25) is 0 Å². The van der Waals surface area contributed by atoms with E-state index in [1.165, 1.54) is 23.5 Å². The number of rotatable bonds is 2. The van der Waals surface area contributed by atoms with Crippen molar-refractivity contribution in [2.45, 2.75) is 4.83 Å². The van der Waals surface area contributed by atoms with Crippen LogP contribution in [0.5, 0.6) is 0 Å². The quantitative estimate of drug-likeness (QED) is 0.347. The molecule has 0 saturated heterocycles. The second-order valence-corrected chi connectivity index (χ2v) is 6.92. The molecule has 0 amide bonds. The molecule has 0 saturated carbocycles. The number of halogens is 5. The summed E-state index contributed by atoms with van der Waals surface area (Å²) >= 11 is 10.8. The first-order chi connectivity index (χ1) is 9.95. The highest BCUT2D eigenvalue weighted by Gasteiger charge is 2.19. The summed E-state index contributed by atoms with van der Waals surface area (Å²) in [4.78, 5) is 0.448. The summed E-state index contributed by atoms with van der Waals surface area (Å²) in [6.07, 6.45) is 0. The average Bonchev–Trinajstić information content (AvgIpc) is 2.85. The summed E-state index contributed by atoms with van der Waals surface area (Å²) in [5.74, 6) is -2.25. The van der Waals surface area contributed by atoms with Crippen LogP contribution in [-0.4, -0.2) is 0 Å². The predicted molar refractivity (Wildman–Crippen MR) is 83.9 cm³/mol. The van der Waals surface area contributed by atoms with E-state index in [0.29, 0.717) is 5.56 Å². The van der Waals surface area contributed by atoms with E-state index in [0.717, 1.165) is 27.1 Å². The average molecular weight is 392 g/mol. The van der Waals surface area contributed by atoms with Gasteiger partial charge in [0.15, 0.2) is 11.6 Å². The fourth-order valence-corrected chi connectivity index (χ4v) is 4.31. The van der Waals surface area contributed by atoms with E-state index in [2.05, 4.69) is 15.9 Å². The van der Waals surface area contributed by atoms with Crippen molar-refractivity contribution in [1.82, 2.24) is 0 Å². The van der Waals surface area contributed by atoms with Gasteiger partial charge in [-0.05, 0) is 41.3 Å². The fraction of sp³-hybridized carbons (Fsp3) is 0.0667. The highest BCUT2D eigenvalue weighted by Crippen LogP contribution is 2.41. The molecule has 1 atom stereocenters. The van der Waals surface area contributed by atoms with Crippen molar-refractivity contribution < 1.29 is 13.2 Å². The molecular formula is C15H7BrClF3S. The standard InChI is InChI=1S/C15H7BrClF3S/c16-15(9-5-11(19)12(20)6-10(9)17)14-3-7-1-2-8(18)4-13(7)21-14/h1-6,15H. The second-order valence-electron chi connectivity index (χ2n) is 4.48. The van der Waals surface area contributed by atoms with Crippen molar-refractivity contribution in [2.24, 2.45) is 0 Å². The molecule has 6 heteroatoms. The molecule has 0 bridgehead atoms. The minimum absolute atomic E-state index is 0.138. The molecule has 108 valence electrons. The van der Waals surface area contributed by atoms with Crippen molar-refractivity contribution >= 4 is 49.0 Å². The monoisotopic (exact) mass is 390 g/mol. The Morgan fingerprint density at radius 3 is 2.48 bits per heavy atom. The molecule has 0 spiro atoms. The van der Waals surface area contributed by atoms with Crippen molar-refractivity contribution in [3.63, 3.8) is 0 Å². The summed E-state index contributed by atoms with van der Waals surface area (Å²) in [6.45, 7) is 0. The van der Waals surface area contributed by atoms with Crippen molar-refractivity contribution in [3.8, 4) is 0 Å². The number of thiophene rings is 1. The minimum atomic E-state index is -0.984. The number of hydrogen-bond donors (Lipinski definition) is 0. The molecule has 0 nitrogen and oxygen atoms in total. The third kappa shape index (κ3) is 2.82. The van der Waals surface area contributed by atoms with Crippen LogP contribution in [0.4, 0.5) is 13.2 Å². The molecule has 3 rings (SSSR count). The van der Waals surface area contributed by atoms with Gasteiger partial charge in [-0.15, -0.1) is 11.3 Å². The highest BCUT2D eigenvalue weighted by molar-refractivity contribution is 9.09. The van der Waals surface area contributed by atoms with Crippen LogP contribution in [0.1, 0.15) is 15.3 Å². The van der Waals surface area contributed by atoms with Gasteiger partial charge in [0.25, 0.3) is 0 Å². The van der Waals surface area contributed by atoms with E-state index in [9.17, 15) is 13.2 Å². The van der Waals surface area contributed by atoms with Gasteiger partial charge in [-0.25, -0.2) is 13.2 Å². The molecule has 1 unspecified atom stereocenters. The molecule has 0 aliphatic rings. The lowest BCUT2D eigenvalue weighted by Crippen LogP contribution is -1.95. The first-order valence-corrected chi connectivity index (χ1v) is 8.04. The van der Waals surface area contributed by atoms with Crippen LogP contribution >= 0.6 is 38.9 Å². The van der Waals surface area contributed by atoms with Gasteiger partial charge in [0.2, 0.25) is 0 Å². The maximum Gasteiger partial charge on any atom is 0.160 e. The van der Waals surface area contributed by atoms with Crippen LogP contribution < -0.4 is 0 Å². The molecule has 0 fully saturated rings. The van der Waals surface area contributed by atoms with E-state index in [1.807, 2.05) is 6.07 Å². The second kappa shape index (κ2) is 5.63. The zero-order chi connectivity index (χ0) is 15.1. The third-order valence-electron chi connectivity index (χ3n) is 3.06. The van der Waals surface area contributed by atoms with Crippen LogP contribution in [0, 0.1) is 17.5 Å². The van der Waals surface area contributed by atoms with Gasteiger partial charge in [-0.1, -0.05) is 33.6 Å². The molecule has 2 aromatic carbocycles. The topological polar surface area (TPSA) is 0 Å². The summed E-state index contributed by atoms with van der Waals surface area (Å²) in [7, 11) is 0. The summed E-state index contributed by atoms with van der Waals surface area (Å²) in [5.41, 5.74) is 0.433. The number of benzene rings is 2. The smallest absolute Gasteiger partial charge is 0.160 e. The number of alkyl halides is 1. The molecule has 3 aromatic rings. The predicted octanol–water partition coefficient (Wildman–Crippen LogP) is 6.46. The van der Waals surface area contributed by atoms with Gasteiger partial charge < -0.3 is 0 Å². The van der Waals surface area contributed by atoms with Crippen molar-refractivity contribution in [2.75, 3.05) is 0 Å². The summed E-state index contributed by atoms with van der Waals surface area (Å²) < 4.78 is 40.5. The van der Waals surface area contributed by atoms with Gasteiger partial charge >= 0.3 is 0 Å². The lowest BCUT2D eigenvalue weighted by Gasteiger charge is -2.10. The Kier molecular flexibility index (Phi) is 3.99.